The minimum atomic E-state index is -0.0560. The number of carbonyl (C=O) groups excluding carboxylic acids is 1. The standard InChI is InChI=1S/C11H16ClN5O2/c1-3-19-11-15-9(12)14-10(16-11)17(2)6-8(18)13-7-4-5-7/h7H,3-6H2,1-2H3,(H,13,18). The summed E-state index contributed by atoms with van der Waals surface area (Å²) in [4.78, 5) is 25.2. The van der Waals surface area contributed by atoms with Gasteiger partial charge in [-0.05, 0) is 31.4 Å². The highest BCUT2D eigenvalue weighted by atomic mass is 35.5. The molecule has 0 spiro atoms. The van der Waals surface area contributed by atoms with Gasteiger partial charge in [-0.1, -0.05) is 0 Å². The summed E-state index contributed by atoms with van der Waals surface area (Å²) < 4.78 is 5.18. The third-order valence-corrected chi connectivity index (χ3v) is 2.68. The van der Waals surface area contributed by atoms with Gasteiger partial charge in [-0.25, -0.2) is 0 Å². The molecule has 1 saturated carbocycles. The monoisotopic (exact) mass is 285 g/mol. The van der Waals surface area contributed by atoms with Gasteiger partial charge >= 0.3 is 6.01 Å². The number of carbonyl (C=O) groups is 1. The van der Waals surface area contributed by atoms with E-state index in [4.69, 9.17) is 16.3 Å². The van der Waals surface area contributed by atoms with Crippen molar-refractivity contribution in [3.8, 4) is 6.01 Å². The van der Waals surface area contributed by atoms with Gasteiger partial charge in [-0.3, -0.25) is 4.79 Å². The molecule has 1 aromatic rings. The van der Waals surface area contributed by atoms with Crippen LogP contribution in [-0.2, 0) is 4.79 Å². The molecule has 0 radical (unpaired) electrons. The third kappa shape index (κ3) is 4.20. The highest BCUT2D eigenvalue weighted by Crippen LogP contribution is 2.18. The molecule has 2 rings (SSSR count). The molecule has 0 aromatic carbocycles. The Morgan fingerprint density at radius 1 is 1.47 bits per heavy atom. The molecule has 1 heterocycles. The van der Waals surface area contributed by atoms with Crippen LogP contribution in [0.1, 0.15) is 19.8 Å². The maximum absolute atomic E-state index is 11.7. The van der Waals surface area contributed by atoms with Gasteiger partial charge in [0.2, 0.25) is 17.1 Å². The first-order valence-corrected chi connectivity index (χ1v) is 6.51. The van der Waals surface area contributed by atoms with Crippen LogP contribution in [-0.4, -0.2) is 47.1 Å². The van der Waals surface area contributed by atoms with Crippen molar-refractivity contribution in [2.24, 2.45) is 0 Å². The van der Waals surface area contributed by atoms with Gasteiger partial charge in [0.05, 0.1) is 13.2 Å². The number of hydrogen-bond donors (Lipinski definition) is 1. The second-order valence-electron chi connectivity index (χ2n) is 4.32. The molecule has 0 saturated heterocycles. The summed E-state index contributed by atoms with van der Waals surface area (Å²) in [7, 11) is 1.72. The number of ether oxygens (including phenoxy) is 1. The van der Waals surface area contributed by atoms with Crippen LogP contribution in [0, 0.1) is 0 Å². The maximum atomic E-state index is 11.7. The van der Waals surface area contributed by atoms with Gasteiger partial charge in [0.15, 0.2) is 0 Å². The normalized spacial score (nSPS) is 14.1. The zero-order chi connectivity index (χ0) is 13.8. The summed E-state index contributed by atoms with van der Waals surface area (Å²) in [6.07, 6.45) is 2.11. The first kappa shape index (κ1) is 13.8. The van der Waals surface area contributed by atoms with Crippen molar-refractivity contribution < 1.29 is 9.53 Å². The molecule has 1 N–H and O–H groups in total. The molecule has 1 fully saturated rings. The Morgan fingerprint density at radius 3 is 2.84 bits per heavy atom. The van der Waals surface area contributed by atoms with E-state index in [1.807, 2.05) is 6.92 Å². The minimum Gasteiger partial charge on any atom is -0.464 e. The first-order valence-electron chi connectivity index (χ1n) is 6.13. The fourth-order valence-corrected chi connectivity index (χ4v) is 1.62. The smallest absolute Gasteiger partial charge is 0.322 e. The van der Waals surface area contributed by atoms with Crippen LogP contribution in [0.25, 0.3) is 0 Å². The second-order valence-corrected chi connectivity index (χ2v) is 4.66. The van der Waals surface area contributed by atoms with Crippen LogP contribution in [0.2, 0.25) is 5.28 Å². The predicted molar refractivity (Wildman–Crippen MR) is 70.4 cm³/mol. The number of likely N-dealkylation sites (N-methyl/N-ethyl adjacent to an activating group) is 1. The second kappa shape index (κ2) is 6.01. The highest BCUT2D eigenvalue weighted by molar-refractivity contribution is 6.28. The number of amides is 1. The predicted octanol–water partition coefficient (Wildman–Crippen LogP) is 0.638. The SMILES string of the molecule is CCOc1nc(Cl)nc(N(C)CC(=O)NC2CC2)n1. The summed E-state index contributed by atoms with van der Waals surface area (Å²) in [5, 5.41) is 2.94. The van der Waals surface area contributed by atoms with Gasteiger partial charge in [0, 0.05) is 13.1 Å². The van der Waals surface area contributed by atoms with Crippen molar-refractivity contribution in [2.45, 2.75) is 25.8 Å². The average molecular weight is 286 g/mol. The number of aromatic nitrogens is 3. The summed E-state index contributed by atoms with van der Waals surface area (Å²) in [6.45, 7) is 2.43. The van der Waals surface area contributed by atoms with E-state index in [0.29, 0.717) is 18.6 Å². The highest BCUT2D eigenvalue weighted by Gasteiger charge is 2.24. The molecular formula is C11H16ClN5O2. The van der Waals surface area contributed by atoms with E-state index in [-0.39, 0.29) is 23.7 Å². The van der Waals surface area contributed by atoms with Crippen molar-refractivity contribution in [1.82, 2.24) is 20.3 Å². The van der Waals surface area contributed by atoms with Crippen LogP contribution >= 0.6 is 11.6 Å². The van der Waals surface area contributed by atoms with E-state index in [9.17, 15) is 4.79 Å². The van der Waals surface area contributed by atoms with Gasteiger partial charge in [-0.15, -0.1) is 0 Å². The summed E-state index contributed by atoms with van der Waals surface area (Å²) >= 11 is 5.79. The Hall–Kier alpha value is -1.63. The molecule has 0 aliphatic heterocycles. The van der Waals surface area contributed by atoms with Crippen molar-refractivity contribution >= 4 is 23.5 Å². The Morgan fingerprint density at radius 2 is 2.21 bits per heavy atom. The first-order chi connectivity index (χ1) is 9.08. The van der Waals surface area contributed by atoms with E-state index >= 15 is 0 Å². The van der Waals surface area contributed by atoms with Crippen LogP contribution in [0.4, 0.5) is 5.95 Å². The fourth-order valence-electron chi connectivity index (χ4n) is 1.47. The Balaban J connectivity index is 2.00. The molecule has 19 heavy (non-hydrogen) atoms. The molecule has 1 amide bonds. The van der Waals surface area contributed by atoms with Crippen LogP contribution in [0.15, 0.2) is 0 Å². The number of halogens is 1. The molecule has 0 unspecified atom stereocenters. The van der Waals surface area contributed by atoms with Crippen molar-refractivity contribution in [3.63, 3.8) is 0 Å². The molecule has 1 aliphatic carbocycles. The number of nitrogens with one attached hydrogen (secondary N) is 1. The zero-order valence-corrected chi connectivity index (χ0v) is 11.6. The number of hydrogen-bond acceptors (Lipinski definition) is 6. The van der Waals surface area contributed by atoms with Crippen molar-refractivity contribution in [1.29, 1.82) is 0 Å². The summed E-state index contributed by atoms with van der Waals surface area (Å²) in [6, 6.07) is 0.494. The Kier molecular flexibility index (Phi) is 4.36. The van der Waals surface area contributed by atoms with Gasteiger partial charge < -0.3 is 15.0 Å². The quantitative estimate of drug-likeness (QED) is 0.826. The number of anilines is 1. The van der Waals surface area contributed by atoms with E-state index in [0.717, 1.165) is 12.8 Å². The van der Waals surface area contributed by atoms with E-state index in [1.54, 1.807) is 11.9 Å². The van der Waals surface area contributed by atoms with E-state index in [2.05, 4.69) is 20.3 Å². The average Bonchev–Trinajstić information content (AvgIpc) is 3.12. The Bertz CT molecular complexity index is 466. The lowest BCUT2D eigenvalue weighted by atomic mass is 10.5. The lowest BCUT2D eigenvalue weighted by Gasteiger charge is -2.16. The molecule has 104 valence electrons. The van der Waals surface area contributed by atoms with Crippen LogP contribution in [0.5, 0.6) is 6.01 Å². The zero-order valence-electron chi connectivity index (χ0n) is 10.9. The lowest BCUT2D eigenvalue weighted by Crippen LogP contribution is -2.37. The third-order valence-electron chi connectivity index (χ3n) is 2.51. The lowest BCUT2D eigenvalue weighted by molar-refractivity contribution is -0.119. The number of nitrogens with zero attached hydrogens (tertiary/aromatic N) is 4. The molecule has 0 atom stereocenters. The van der Waals surface area contributed by atoms with Gasteiger partial charge in [-0.2, -0.15) is 15.0 Å². The minimum absolute atomic E-state index is 0.0444. The van der Waals surface area contributed by atoms with Crippen LogP contribution < -0.4 is 15.0 Å². The Labute approximate surface area is 116 Å². The topological polar surface area (TPSA) is 80.2 Å². The summed E-state index contributed by atoms with van der Waals surface area (Å²) in [5.41, 5.74) is 0. The molecule has 8 heteroatoms. The fraction of sp³-hybridized carbons (Fsp3) is 0.636. The van der Waals surface area contributed by atoms with E-state index < -0.39 is 0 Å². The van der Waals surface area contributed by atoms with Crippen LogP contribution in [0.3, 0.4) is 0 Å². The molecule has 1 aliphatic rings. The molecule has 0 bridgehead atoms. The van der Waals surface area contributed by atoms with Crippen molar-refractivity contribution in [2.75, 3.05) is 25.1 Å². The summed E-state index contributed by atoms with van der Waals surface area (Å²) in [5.74, 6) is 0.258. The molecule has 1 aromatic heterocycles. The molecular weight excluding hydrogens is 270 g/mol. The van der Waals surface area contributed by atoms with Crippen molar-refractivity contribution in [3.05, 3.63) is 5.28 Å². The molecule has 7 nitrogen and oxygen atoms in total. The van der Waals surface area contributed by atoms with E-state index in [1.165, 1.54) is 0 Å². The number of rotatable bonds is 6. The van der Waals surface area contributed by atoms with Gasteiger partial charge in [0.25, 0.3) is 0 Å². The van der Waals surface area contributed by atoms with Gasteiger partial charge in [0.1, 0.15) is 0 Å². The largest absolute Gasteiger partial charge is 0.464 e. The maximum Gasteiger partial charge on any atom is 0.322 e.